The minimum atomic E-state index is 0.691. The molecule has 0 atom stereocenters. The molecule has 0 bridgehead atoms. The standard InChI is InChI=1S/C8H16N4/c1-3-11(4-2)12-7(9)5-6-8(12)10/h5-6H,3-4,9-10H2,1-2H3. The van der Waals surface area contributed by atoms with E-state index in [4.69, 9.17) is 11.5 Å². The number of nitrogen functional groups attached to an aromatic ring is 2. The van der Waals surface area contributed by atoms with E-state index in [-0.39, 0.29) is 0 Å². The molecule has 4 N–H and O–H groups in total. The Bertz CT molecular complexity index is 230. The zero-order valence-electron chi connectivity index (χ0n) is 7.62. The summed E-state index contributed by atoms with van der Waals surface area (Å²) in [5.74, 6) is 1.38. The van der Waals surface area contributed by atoms with Gasteiger partial charge in [0.2, 0.25) is 0 Å². The molecule has 1 aromatic heterocycles. The van der Waals surface area contributed by atoms with Crippen LogP contribution in [0.5, 0.6) is 0 Å². The third kappa shape index (κ3) is 1.32. The summed E-state index contributed by atoms with van der Waals surface area (Å²) in [5, 5.41) is 2.07. The van der Waals surface area contributed by atoms with Crippen LogP contribution in [-0.4, -0.2) is 17.8 Å². The Hall–Kier alpha value is -1.32. The van der Waals surface area contributed by atoms with Crippen LogP contribution in [0.1, 0.15) is 13.8 Å². The first kappa shape index (κ1) is 8.77. The molecule has 0 radical (unpaired) electrons. The van der Waals surface area contributed by atoms with Gasteiger partial charge in [0.1, 0.15) is 11.6 Å². The van der Waals surface area contributed by atoms with Gasteiger partial charge >= 0.3 is 0 Å². The van der Waals surface area contributed by atoms with Crippen LogP contribution in [0.4, 0.5) is 11.6 Å². The molecule has 4 heteroatoms. The van der Waals surface area contributed by atoms with Gasteiger partial charge < -0.3 is 16.5 Å². The summed E-state index contributed by atoms with van der Waals surface area (Å²) in [4.78, 5) is 0. The summed E-state index contributed by atoms with van der Waals surface area (Å²) in [6.45, 7) is 5.95. The third-order valence-corrected chi connectivity index (χ3v) is 1.93. The van der Waals surface area contributed by atoms with Gasteiger partial charge in [-0.1, -0.05) is 0 Å². The Morgan fingerprint density at radius 3 is 1.92 bits per heavy atom. The third-order valence-electron chi connectivity index (χ3n) is 1.93. The van der Waals surface area contributed by atoms with Crippen LogP contribution in [0.15, 0.2) is 12.1 Å². The molecule has 0 unspecified atom stereocenters. The van der Waals surface area contributed by atoms with E-state index in [1.54, 1.807) is 0 Å². The Labute approximate surface area is 72.7 Å². The van der Waals surface area contributed by atoms with Crippen molar-refractivity contribution in [1.29, 1.82) is 0 Å². The van der Waals surface area contributed by atoms with E-state index in [0.717, 1.165) is 13.1 Å². The smallest absolute Gasteiger partial charge is 0.124 e. The molecule has 0 aromatic carbocycles. The van der Waals surface area contributed by atoms with Crippen LogP contribution < -0.4 is 16.5 Å². The van der Waals surface area contributed by atoms with Crippen molar-refractivity contribution in [2.24, 2.45) is 0 Å². The Balaban J connectivity index is 2.98. The Kier molecular flexibility index (Phi) is 2.47. The maximum Gasteiger partial charge on any atom is 0.124 e. The van der Waals surface area contributed by atoms with Crippen molar-refractivity contribution in [3.05, 3.63) is 12.1 Å². The molecule has 0 saturated carbocycles. The highest BCUT2D eigenvalue weighted by Gasteiger charge is 2.06. The molecule has 12 heavy (non-hydrogen) atoms. The van der Waals surface area contributed by atoms with Gasteiger partial charge in [-0.15, -0.1) is 0 Å². The molecule has 0 aliphatic heterocycles. The summed E-state index contributed by atoms with van der Waals surface area (Å²) in [7, 11) is 0. The molecule has 0 aliphatic rings. The SMILES string of the molecule is CCN(CC)n1c(N)ccc1N. The van der Waals surface area contributed by atoms with Crippen molar-refractivity contribution >= 4 is 11.6 Å². The summed E-state index contributed by atoms with van der Waals surface area (Å²) in [6.07, 6.45) is 0. The second-order valence-corrected chi connectivity index (χ2v) is 2.63. The largest absolute Gasteiger partial charge is 0.384 e. The van der Waals surface area contributed by atoms with Crippen LogP contribution in [0, 0.1) is 0 Å². The summed E-state index contributed by atoms with van der Waals surface area (Å²) in [6, 6.07) is 3.63. The molecular weight excluding hydrogens is 152 g/mol. The van der Waals surface area contributed by atoms with Gasteiger partial charge in [0, 0.05) is 13.1 Å². The second-order valence-electron chi connectivity index (χ2n) is 2.63. The van der Waals surface area contributed by atoms with E-state index in [1.807, 2.05) is 16.8 Å². The molecule has 0 spiro atoms. The van der Waals surface area contributed by atoms with Crippen molar-refractivity contribution in [2.75, 3.05) is 29.6 Å². The van der Waals surface area contributed by atoms with E-state index in [1.165, 1.54) is 0 Å². The summed E-state index contributed by atoms with van der Waals surface area (Å²) >= 11 is 0. The molecule has 68 valence electrons. The summed E-state index contributed by atoms with van der Waals surface area (Å²) < 4.78 is 1.83. The number of hydrogen-bond acceptors (Lipinski definition) is 3. The van der Waals surface area contributed by atoms with E-state index in [9.17, 15) is 0 Å². The monoisotopic (exact) mass is 168 g/mol. The van der Waals surface area contributed by atoms with E-state index >= 15 is 0 Å². The zero-order chi connectivity index (χ0) is 9.14. The Morgan fingerprint density at radius 2 is 1.58 bits per heavy atom. The van der Waals surface area contributed by atoms with Crippen LogP contribution in [0.25, 0.3) is 0 Å². The molecule has 0 fully saturated rings. The van der Waals surface area contributed by atoms with Crippen molar-refractivity contribution in [3.8, 4) is 0 Å². The fourth-order valence-electron chi connectivity index (χ4n) is 1.29. The normalized spacial score (nSPS) is 10.2. The van der Waals surface area contributed by atoms with E-state index in [0.29, 0.717) is 11.6 Å². The highest BCUT2D eigenvalue weighted by Crippen LogP contribution is 2.13. The van der Waals surface area contributed by atoms with Crippen molar-refractivity contribution < 1.29 is 0 Å². The van der Waals surface area contributed by atoms with Crippen LogP contribution in [-0.2, 0) is 0 Å². The van der Waals surface area contributed by atoms with Crippen molar-refractivity contribution in [2.45, 2.75) is 13.8 Å². The fourth-order valence-corrected chi connectivity index (χ4v) is 1.29. The number of hydrogen-bond donors (Lipinski definition) is 2. The average molecular weight is 168 g/mol. The number of nitrogens with two attached hydrogens (primary N) is 2. The first-order chi connectivity index (χ1) is 5.70. The molecule has 4 nitrogen and oxygen atoms in total. The predicted molar refractivity (Wildman–Crippen MR) is 52.6 cm³/mol. The van der Waals surface area contributed by atoms with Gasteiger partial charge in [0.15, 0.2) is 0 Å². The number of anilines is 2. The second kappa shape index (κ2) is 3.38. The quantitative estimate of drug-likeness (QED) is 0.696. The van der Waals surface area contributed by atoms with Gasteiger partial charge in [-0.3, -0.25) is 0 Å². The van der Waals surface area contributed by atoms with E-state index in [2.05, 4.69) is 18.9 Å². The van der Waals surface area contributed by atoms with Crippen LogP contribution in [0.3, 0.4) is 0 Å². The number of nitrogens with zero attached hydrogens (tertiary/aromatic N) is 2. The van der Waals surface area contributed by atoms with E-state index < -0.39 is 0 Å². The molecule has 0 amide bonds. The van der Waals surface area contributed by atoms with Gasteiger partial charge in [-0.25, -0.2) is 4.68 Å². The lowest BCUT2D eigenvalue weighted by Crippen LogP contribution is -2.35. The molecule has 1 rings (SSSR count). The molecule has 1 heterocycles. The highest BCUT2D eigenvalue weighted by atomic mass is 15.6. The molecule has 1 aromatic rings. The lowest BCUT2D eigenvalue weighted by molar-refractivity contribution is 0.637. The number of rotatable bonds is 3. The van der Waals surface area contributed by atoms with Gasteiger partial charge in [0.25, 0.3) is 0 Å². The predicted octanol–water partition coefficient (Wildman–Crippen LogP) is 0.630. The minimum absolute atomic E-state index is 0.691. The topological polar surface area (TPSA) is 60.2 Å². The molecule has 0 aliphatic carbocycles. The Morgan fingerprint density at radius 1 is 1.17 bits per heavy atom. The highest BCUT2D eigenvalue weighted by molar-refractivity contribution is 5.46. The van der Waals surface area contributed by atoms with Crippen LogP contribution in [0.2, 0.25) is 0 Å². The van der Waals surface area contributed by atoms with Gasteiger partial charge in [-0.05, 0) is 26.0 Å². The van der Waals surface area contributed by atoms with Gasteiger partial charge in [0.05, 0.1) is 0 Å². The maximum atomic E-state index is 5.73. The van der Waals surface area contributed by atoms with Crippen molar-refractivity contribution in [1.82, 2.24) is 4.68 Å². The average Bonchev–Trinajstić information content (AvgIpc) is 2.38. The minimum Gasteiger partial charge on any atom is -0.384 e. The van der Waals surface area contributed by atoms with Gasteiger partial charge in [-0.2, -0.15) is 0 Å². The summed E-state index contributed by atoms with van der Waals surface area (Å²) in [5.41, 5.74) is 11.5. The van der Waals surface area contributed by atoms with Crippen molar-refractivity contribution in [3.63, 3.8) is 0 Å². The first-order valence-electron chi connectivity index (χ1n) is 4.18. The first-order valence-corrected chi connectivity index (χ1v) is 4.18. The lowest BCUT2D eigenvalue weighted by Gasteiger charge is -2.24. The zero-order valence-corrected chi connectivity index (χ0v) is 7.62. The number of aromatic nitrogens is 1. The lowest BCUT2D eigenvalue weighted by atomic mass is 10.6. The molecular formula is C8H16N4. The molecule has 0 saturated heterocycles. The maximum absolute atomic E-state index is 5.73. The van der Waals surface area contributed by atoms with Crippen LogP contribution >= 0.6 is 0 Å². The fraction of sp³-hybridized carbons (Fsp3) is 0.500.